The van der Waals surface area contributed by atoms with Gasteiger partial charge >= 0.3 is 0 Å². The second-order valence-electron chi connectivity index (χ2n) is 4.85. The Labute approximate surface area is 96.0 Å². The van der Waals surface area contributed by atoms with Crippen LogP contribution in [0.1, 0.15) is 36.9 Å². The van der Waals surface area contributed by atoms with Crippen LogP contribution < -0.4 is 5.32 Å². The van der Waals surface area contributed by atoms with E-state index in [2.05, 4.69) is 14.9 Å². The number of imidazole rings is 1. The van der Waals surface area contributed by atoms with Crippen LogP contribution in [0.15, 0.2) is 12.5 Å². The Kier molecular flexibility index (Phi) is 2.69. The number of hydrogen-bond donors (Lipinski definition) is 1. The predicted molar refractivity (Wildman–Crippen MR) is 61.5 cm³/mol. The average Bonchev–Trinajstić information content (AvgIpc) is 2.81. The van der Waals surface area contributed by atoms with Crippen LogP contribution >= 0.6 is 0 Å². The topological polar surface area (TPSA) is 39.1 Å². The van der Waals surface area contributed by atoms with Gasteiger partial charge in [0.25, 0.3) is 0 Å². The van der Waals surface area contributed by atoms with E-state index in [0.29, 0.717) is 6.04 Å². The minimum Gasteiger partial charge on any atom is -0.378 e. The lowest BCUT2D eigenvalue weighted by molar-refractivity contribution is 0.0848. The van der Waals surface area contributed by atoms with Gasteiger partial charge in [0.15, 0.2) is 0 Å². The van der Waals surface area contributed by atoms with E-state index in [0.717, 1.165) is 19.0 Å². The maximum absolute atomic E-state index is 5.52. The normalized spacial score (nSPS) is 30.6. The predicted octanol–water partition coefficient (Wildman–Crippen LogP) is 1.31. The SMILES string of the molecule is CO[C@H]1CNCC1n1cncc1C1CCC1. The fourth-order valence-electron chi connectivity index (χ4n) is 2.77. The summed E-state index contributed by atoms with van der Waals surface area (Å²) >= 11 is 0. The second kappa shape index (κ2) is 4.18. The number of nitrogens with one attached hydrogen (secondary N) is 1. The molecule has 2 fully saturated rings. The molecular weight excluding hydrogens is 202 g/mol. The molecular formula is C12H19N3O. The van der Waals surface area contributed by atoms with Crippen LogP contribution in [0.3, 0.4) is 0 Å². The number of aromatic nitrogens is 2. The molecule has 0 amide bonds. The summed E-state index contributed by atoms with van der Waals surface area (Å²) in [6.07, 6.45) is 8.30. The molecule has 2 aliphatic rings. The molecule has 0 aromatic carbocycles. The molecule has 3 rings (SSSR count). The molecule has 88 valence electrons. The van der Waals surface area contributed by atoms with E-state index < -0.39 is 0 Å². The van der Waals surface area contributed by atoms with Crippen molar-refractivity contribution in [3.8, 4) is 0 Å². The highest BCUT2D eigenvalue weighted by molar-refractivity contribution is 5.12. The van der Waals surface area contributed by atoms with E-state index >= 15 is 0 Å². The molecule has 1 saturated heterocycles. The van der Waals surface area contributed by atoms with Crippen molar-refractivity contribution in [2.45, 2.75) is 37.3 Å². The van der Waals surface area contributed by atoms with Gasteiger partial charge in [0.05, 0.1) is 18.5 Å². The van der Waals surface area contributed by atoms with Gasteiger partial charge in [0.1, 0.15) is 0 Å². The molecule has 1 unspecified atom stereocenters. The Morgan fingerprint density at radius 3 is 3.00 bits per heavy atom. The second-order valence-corrected chi connectivity index (χ2v) is 4.85. The van der Waals surface area contributed by atoms with E-state index in [1.807, 2.05) is 12.5 Å². The van der Waals surface area contributed by atoms with Crippen LogP contribution in [-0.4, -0.2) is 35.9 Å². The number of hydrogen-bond acceptors (Lipinski definition) is 3. The van der Waals surface area contributed by atoms with Crippen molar-refractivity contribution in [3.05, 3.63) is 18.2 Å². The molecule has 4 nitrogen and oxygen atoms in total. The van der Waals surface area contributed by atoms with Crippen LogP contribution in [0, 0.1) is 0 Å². The molecule has 1 aromatic rings. The Balaban J connectivity index is 1.84. The van der Waals surface area contributed by atoms with Crippen LogP contribution in [0.5, 0.6) is 0 Å². The van der Waals surface area contributed by atoms with Crippen molar-refractivity contribution in [1.82, 2.24) is 14.9 Å². The number of ether oxygens (including phenoxy) is 1. The van der Waals surface area contributed by atoms with Gasteiger partial charge in [0, 0.05) is 38.0 Å². The van der Waals surface area contributed by atoms with Crippen LogP contribution in [0.4, 0.5) is 0 Å². The van der Waals surface area contributed by atoms with Gasteiger partial charge in [-0.3, -0.25) is 0 Å². The molecule has 1 aromatic heterocycles. The first-order valence-corrected chi connectivity index (χ1v) is 6.15. The number of nitrogens with zero attached hydrogens (tertiary/aromatic N) is 2. The minimum atomic E-state index is 0.285. The lowest BCUT2D eigenvalue weighted by Gasteiger charge is -2.29. The lowest BCUT2D eigenvalue weighted by Crippen LogP contribution is -2.26. The van der Waals surface area contributed by atoms with Gasteiger partial charge in [-0.2, -0.15) is 0 Å². The van der Waals surface area contributed by atoms with Gasteiger partial charge in [-0.15, -0.1) is 0 Å². The van der Waals surface area contributed by atoms with E-state index in [1.165, 1.54) is 25.0 Å². The average molecular weight is 221 g/mol. The zero-order valence-corrected chi connectivity index (χ0v) is 9.72. The van der Waals surface area contributed by atoms with Gasteiger partial charge in [-0.25, -0.2) is 4.98 Å². The van der Waals surface area contributed by atoms with Crippen molar-refractivity contribution < 1.29 is 4.74 Å². The lowest BCUT2D eigenvalue weighted by atomic mass is 9.83. The standard InChI is InChI=1S/C12H19N3O/c1-16-12-7-13-6-11(12)15-8-14-5-10(15)9-3-2-4-9/h5,8-9,11-13H,2-4,6-7H2,1H3/t11?,12-/m0/s1. The van der Waals surface area contributed by atoms with Crippen LogP contribution in [0.25, 0.3) is 0 Å². The third-order valence-corrected chi connectivity index (χ3v) is 4.01. The Morgan fingerprint density at radius 1 is 1.44 bits per heavy atom. The molecule has 0 bridgehead atoms. The zero-order chi connectivity index (χ0) is 11.0. The highest BCUT2D eigenvalue weighted by atomic mass is 16.5. The largest absolute Gasteiger partial charge is 0.378 e. The van der Waals surface area contributed by atoms with E-state index in [-0.39, 0.29) is 6.10 Å². The molecule has 0 spiro atoms. The van der Waals surface area contributed by atoms with E-state index in [1.54, 1.807) is 7.11 Å². The van der Waals surface area contributed by atoms with Crippen molar-refractivity contribution in [2.24, 2.45) is 0 Å². The summed E-state index contributed by atoms with van der Waals surface area (Å²) in [5.74, 6) is 0.737. The first-order valence-electron chi connectivity index (χ1n) is 6.15. The molecule has 0 radical (unpaired) electrons. The first-order chi connectivity index (χ1) is 7.90. The van der Waals surface area contributed by atoms with Crippen molar-refractivity contribution in [3.63, 3.8) is 0 Å². The summed E-state index contributed by atoms with van der Waals surface area (Å²) in [5, 5.41) is 3.39. The molecule has 4 heteroatoms. The quantitative estimate of drug-likeness (QED) is 0.836. The van der Waals surface area contributed by atoms with Gasteiger partial charge in [-0.1, -0.05) is 6.42 Å². The third-order valence-electron chi connectivity index (χ3n) is 4.01. The van der Waals surface area contributed by atoms with Crippen LogP contribution in [-0.2, 0) is 4.74 Å². The van der Waals surface area contributed by atoms with E-state index in [9.17, 15) is 0 Å². The molecule has 1 aliphatic heterocycles. The monoisotopic (exact) mass is 221 g/mol. The van der Waals surface area contributed by atoms with Gasteiger partial charge in [-0.05, 0) is 12.8 Å². The highest BCUT2D eigenvalue weighted by Crippen LogP contribution is 2.37. The Bertz CT molecular complexity index is 359. The fraction of sp³-hybridized carbons (Fsp3) is 0.750. The molecule has 1 saturated carbocycles. The number of rotatable bonds is 3. The third kappa shape index (κ3) is 1.57. The maximum Gasteiger partial charge on any atom is 0.0952 e. The summed E-state index contributed by atoms with van der Waals surface area (Å²) in [6.45, 7) is 1.94. The van der Waals surface area contributed by atoms with Gasteiger partial charge in [0.2, 0.25) is 0 Å². The molecule has 2 atom stereocenters. The van der Waals surface area contributed by atoms with Gasteiger partial charge < -0.3 is 14.6 Å². The highest BCUT2D eigenvalue weighted by Gasteiger charge is 2.32. The first kappa shape index (κ1) is 10.3. The fourth-order valence-corrected chi connectivity index (χ4v) is 2.77. The van der Waals surface area contributed by atoms with Crippen molar-refractivity contribution in [1.29, 1.82) is 0 Å². The zero-order valence-electron chi connectivity index (χ0n) is 9.72. The molecule has 1 N–H and O–H groups in total. The van der Waals surface area contributed by atoms with E-state index in [4.69, 9.17) is 4.74 Å². The van der Waals surface area contributed by atoms with Crippen LogP contribution in [0.2, 0.25) is 0 Å². The summed E-state index contributed by atoms with van der Waals surface area (Å²) in [4.78, 5) is 4.32. The molecule has 1 aliphatic carbocycles. The Morgan fingerprint density at radius 2 is 2.31 bits per heavy atom. The molecule has 16 heavy (non-hydrogen) atoms. The smallest absolute Gasteiger partial charge is 0.0952 e. The summed E-state index contributed by atoms with van der Waals surface area (Å²) < 4.78 is 7.85. The summed E-state index contributed by atoms with van der Waals surface area (Å²) in [5.41, 5.74) is 1.40. The minimum absolute atomic E-state index is 0.285. The van der Waals surface area contributed by atoms with Crippen molar-refractivity contribution in [2.75, 3.05) is 20.2 Å². The number of methoxy groups -OCH3 is 1. The Hall–Kier alpha value is -0.870. The summed E-state index contributed by atoms with van der Waals surface area (Å²) in [7, 11) is 1.80. The molecule has 2 heterocycles. The van der Waals surface area contributed by atoms with Crippen molar-refractivity contribution >= 4 is 0 Å². The maximum atomic E-state index is 5.52. The summed E-state index contributed by atoms with van der Waals surface area (Å²) in [6, 6.07) is 0.420.